The van der Waals surface area contributed by atoms with Crippen molar-refractivity contribution in [3.63, 3.8) is 0 Å². The Kier molecular flexibility index (Phi) is 2.24. The van der Waals surface area contributed by atoms with E-state index in [-0.39, 0.29) is 5.78 Å². The number of hydrogen-bond acceptors (Lipinski definition) is 5. The zero-order valence-corrected chi connectivity index (χ0v) is 8.52. The first-order valence-corrected chi connectivity index (χ1v) is 4.61. The van der Waals surface area contributed by atoms with Crippen LogP contribution in [0.2, 0.25) is 0 Å². The summed E-state index contributed by atoms with van der Waals surface area (Å²) in [6.45, 7) is 3.37. The van der Waals surface area contributed by atoms with Crippen molar-refractivity contribution in [2.24, 2.45) is 5.73 Å². The molecule has 1 unspecified atom stereocenters. The van der Waals surface area contributed by atoms with E-state index < -0.39 is 6.04 Å². The van der Waals surface area contributed by atoms with Crippen LogP contribution < -0.4 is 5.73 Å². The number of fused-ring (bicyclic) bond motifs is 1. The number of aryl methyl sites for hydroxylation is 1. The van der Waals surface area contributed by atoms with Gasteiger partial charge in [-0.25, -0.2) is 9.97 Å². The van der Waals surface area contributed by atoms with Gasteiger partial charge >= 0.3 is 0 Å². The summed E-state index contributed by atoms with van der Waals surface area (Å²) in [7, 11) is 0. The van der Waals surface area contributed by atoms with Crippen LogP contribution in [0, 0.1) is 6.92 Å². The Morgan fingerprint density at radius 2 is 2.33 bits per heavy atom. The number of carbonyl (C=O) groups excluding carboxylic acids is 1. The van der Waals surface area contributed by atoms with Crippen molar-refractivity contribution in [3.05, 3.63) is 23.7 Å². The monoisotopic (exact) mass is 205 g/mol. The molecule has 78 valence electrons. The predicted octanol–water partition coefficient (Wildman–Crippen LogP) is 1.06. The Morgan fingerprint density at radius 3 is 3.00 bits per heavy atom. The van der Waals surface area contributed by atoms with Gasteiger partial charge in [-0.15, -0.1) is 0 Å². The van der Waals surface area contributed by atoms with E-state index >= 15 is 0 Å². The number of pyridine rings is 1. The van der Waals surface area contributed by atoms with Gasteiger partial charge < -0.3 is 10.2 Å². The Labute approximate surface area is 86.3 Å². The Bertz CT molecular complexity index is 516. The molecule has 1 atom stereocenters. The normalized spacial score (nSPS) is 13.0. The van der Waals surface area contributed by atoms with Gasteiger partial charge in [-0.2, -0.15) is 0 Å². The molecule has 0 aliphatic heterocycles. The highest BCUT2D eigenvalue weighted by Gasteiger charge is 2.13. The number of aromatic nitrogens is 2. The first kappa shape index (κ1) is 9.79. The lowest BCUT2D eigenvalue weighted by molar-refractivity contribution is 0.0968. The summed E-state index contributed by atoms with van der Waals surface area (Å²) in [6.07, 6.45) is 1.46. The maximum atomic E-state index is 11.6. The van der Waals surface area contributed by atoms with E-state index in [1.54, 1.807) is 19.9 Å². The average molecular weight is 205 g/mol. The quantitative estimate of drug-likeness (QED) is 0.741. The minimum Gasteiger partial charge on any atom is -0.423 e. The van der Waals surface area contributed by atoms with Gasteiger partial charge in [0.1, 0.15) is 5.52 Å². The van der Waals surface area contributed by atoms with Crippen LogP contribution in [0.25, 0.3) is 11.2 Å². The topological polar surface area (TPSA) is 82.0 Å². The van der Waals surface area contributed by atoms with Crippen molar-refractivity contribution < 1.29 is 9.21 Å². The lowest BCUT2D eigenvalue weighted by Crippen LogP contribution is -2.26. The van der Waals surface area contributed by atoms with Crippen molar-refractivity contribution in [1.82, 2.24) is 9.97 Å². The zero-order valence-electron chi connectivity index (χ0n) is 8.52. The number of hydrogen-bond donors (Lipinski definition) is 1. The minimum atomic E-state index is -0.530. The first-order chi connectivity index (χ1) is 7.08. The molecule has 2 aromatic heterocycles. The molecule has 5 heteroatoms. The van der Waals surface area contributed by atoms with Crippen LogP contribution in [0.1, 0.15) is 23.2 Å². The molecule has 0 aliphatic rings. The number of Topliss-reactive ketones (excluding diaryl/α,β-unsaturated/α-hetero) is 1. The largest absolute Gasteiger partial charge is 0.423 e. The summed E-state index contributed by atoms with van der Waals surface area (Å²) in [4.78, 5) is 19.7. The van der Waals surface area contributed by atoms with E-state index in [2.05, 4.69) is 9.97 Å². The number of ketones is 1. The van der Waals surface area contributed by atoms with Gasteiger partial charge in [0.15, 0.2) is 11.7 Å². The fourth-order valence-electron chi connectivity index (χ4n) is 1.33. The SMILES string of the molecule is Cc1nc2cc(C(=O)C(C)N)cnc2o1. The van der Waals surface area contributed by atoms with Crippen molar-refractivity contribution >= 4 is 17.0 Å². The second-order valence-electron chi connectivity index (χ2n) is 3.43. The van der Waals surface area contributed by atoms with Gasteiger partial charge in [0.05, 0.1) is 6.04 Å². The Morgan fingerprint density at radius 1 is 1.60 bits per heavy atom. The molecule has 15 heavy (non-hydrogen) atoms. The third-order valence-corrected chi connectivity index (χ3v) is 2.05. The molecular weight excluding hydrogens is 194 g/mol. The van der Waals surface area contributed by atoms with E-state index in [0.717, 1.165) is 0 Å². The van der Waals surface area contributed by atoms with Crippen molar-refractivity contribution in [3.8, 4) is 0 Å². The van der Waals surface area contributed by atoms with Crippen LogP contribution in [0.4, 0.5) is 0 Å². The maximum Gasteiger partial charge on any atom is 0.246 e. The summed E-state index contributed by atoms with van der Waals surface area (Å²) in [6, 6.07) is 1.11. The van der Waals surface area contributed by atoms with Crippen LogP contribution in [0.15, 0.2) is 16.7 Å². The van der Waals surface area contributed by atoms with Crippen LogP contribution in [0.3, 0.4) is 0 Å². The van der Waals surface area contributed by atoms with E-state index in [1.807, 2.05) is 0 Å². The van der Waals surface area contributed by atoms with Gasteiger partial charge in [-0.1, -0.05) is 0 Å². The fourth-order valence-corrected chi connectivity index (χ4v) is 1.33. The van der Waals surface area contributed by atoms with Crippen molar-refractivity contribution in [2.45, 2.75) is 19.9 Å². The summed E-state index contributed by atoms with van der Waals surface area (Å²) in [5, 5.41) is 0. The standard InChI is InChI=1S/C10H11N3O2/c1-5(11)9(14)7-3-8-10(12-4-7)15-6(2)13-8/h3-5H,11H2,1-2H3. The molecule has 0 fully saturated rings. The lowest BCUT2D eigenvalue weighted by Gasteiger charge is -2.02. The molecule has 0 aromatic carbocycles. The van der Waals surface area contributed by atoms with E-state index in [0.29, 0.717) is 22.7 Å². The fraction of sp³-hybridized carbons (Fsp3) is 0.300. The van der Waals surface area contributed by atoms with Crippen molar-refractivity contribution in [2.75, 3.05) is 0 Å². The number of nitrogens with two attached hydrogens (primary N) is 1. The predicted molar refractivity (Wildman–Crippen MR) is 54.5 cm³/mol. The molecule has 0 saturated carbocycles. The highest BCUT2D eigenvalue weighted by molar-refractivity contribution is 6.01. The second-order valence-corrected chi connectivity index (χ2v) is 3.43. The third kappa shape index (κ3) is 1.73. The lowest BCUT2D eigenvalue weighted by atomic mass is 10.1. The van der Waals surface area contributed by atoms with Gasteiger partial charge in [0.2, 0.25) is 5.71 Å². The Hall–Kier alpha value is -1.75. The van der Waals surface area contributed by atoms with Gasteiger partial charge in [-0.3, -0.25) is 4.79 Å². The van der Waals surface area contributed by atoms with Crippen LogP contribution >= 0.6 is 0 Å². The van der Waals surface area contributed by atoms with E-state index in [4.69, 9.17) is 10.2 Å². The van der Waals surface area contributed by atoms with Crippen molar-refractivity contribution in [1.29, 1.82) is 0 Å². The summed E-state index contributed by atoms with van der Waals surface area (Å²) in [5.41, 5.74) is 6.98. The number of rotatable bonds is 2. The van der Waals surface area contributed by atoms with Crippen LogP contribution in [-0.4, -0.2) is 21.8 Å². The molecule has 2 rings (SSSR count). The molecule has 5 nitrogen and oxygen atoms in total. The molecule has 0 spiro atoms. The maximum absolute atomic E-state index is 11.6. The molecule has 0 saturated heterocycles. The molecule has 0 bridgehead atoms. The number of carbonyl (C=O) groups is 1. The van der Waals surface area contributed by atoms with Gasteiger partial charge in [0, 0.05) is 18.7 Å². The molecule has 0 aliphatic carbocycles. The summed E-state index contributed by atoms with van der Waals surface area (Å²) >= 11 is 0. The molecule has 2 heterocycles. The smallest absolute Gasteiger partial charge is 0.246 e. The highest BCUT2D eigenvalue weighted by atomic mass is 16.4. The Balaban J connectivity index is 2.51. The molecule has 0 amide bonds. The van der Waals surface area contributed by atoms with E-state index in [1.165, 1.54) is 6.20 Å². The zero-order chi connectivity index (χ0) is 11.0. The number of oxazole rings is 1. The van der Waals surface area contributed by atoms with Gasteiger partial charge in [-0.05, 0) is 13.0 Å². The summed E-state index contributed by atoms with van der Waals surface area (Å²) < 4.78 is 5.20. The second kappa shape index (κ2) is 3.43. The average Bonchev–Trinajstić information content (AvgIpc) is 2.55. The van der Waals surface area contributed by atoms with Crippen LogP contribution in [-0.2, 0) is 0 Å². The van der Waals surface area contributed by atoms with Crippen LogP contribution in [0.5, 0.6) is 0 Å². The molecule has 2 N–H and O–H groups in total. The van der Waals surface area contributed by atoms with Gasteiger partial charge in [0.25, 0.3) is 0 Å². The summed E-state index contributed by atoms with van der Waals surface area (Å²) in [5.74, 6) is 0.382. The minimum absolute atomic E-state index is 0.148. The molecule has 0 radical (unpaired) electrons. The number of nitrogens with zero attached hydrogens (tertiary/aromatic N) is 2. The molecule has 2 aromatic rings. The third-order valence-electron chi connectivity index (χ3n) is 2.05. The molecular formula is C10H11N3O2. The highest BCUT2D eigenvalue weighted by Crippen LogP contribution is 2.14. The first-order valence-electron chi connectivity index (χ1n) is 4.61. The van der Waals surface area contributed by atoms with E-state index in [9.17, 15) is 4.79 Å².